The van der Waals surface area contributed by atoms with Crippen molar-refractivity contribution in [3.05, 3.63) is 54.1 Å². The van der Waals surface area contributed by atoms with Crippen molar-refractivity contribution in [1.29, 1.82) is 0 Å². The standard InChI is InChI=1S/C27H32N8O2/c1-18-17-37-14-13-35(18)26-22-9-12-34(24-15-28-10-11-29-24)16-23(22)32-25(33-26)19-5-7-21(8-6-19)31-27(36)30-20-3-2-4-20/h5-8,10-11,15,18,20H,2-4,9,12-14,16-17H2,1H3,(H2,30,31,36)/t18-/m0/s1. The Hall–Kier alpha value is -3.79. The predicted molar refractivity (Wildman–Crippen MR) is 142 cm³/mol. The molecule has 4 heterocycles. The van der Waals surface area contributed by atoms with Crippen LogP contribution in [0.25, 0.3) is 11.4 Å². The van der Waals surface area contributed by atoms with E-state index in [2.05, 4.69) is 37.3 Å². The lowest BCUT2D eigenvalue weighted by Gasteiger charge is -2.38. The summed E-state index contributed by atoms with van der Waals surface area (Å²) in [6, 6.07) is 8.12. The Bertz CT molecular complexity index is 1250. The molecular formula is C27H32N8O2. The smallest absolute Gasteiger partial charge is 0.319 e. The maximum Gasteiger partial charge on any atom is 0.319 e. The van der Waals surface area contributed by atoms with Gasteiger partial charge in [-0.15, -0.1) is 0 Å². The topological polar surface area (TPSA) is 108 Å². The van der Waals surface area contributed by atoms with Gasteiger partial charge in [0.1, 0.15) is 11.6 Å². The number of carbonyl (C=O) groups is 1. The van der Waals surface area contributed by atoms with Crippen LogP contribution in [0.3, 0.4) is 0 Å². The summed E-state index contributed by atoms with van der Waals surface area (Å²) < 4.78 is 5.70. The molecule has 1 saturated heterocycles. The molecule has 1 atom stereocenters. The fourth-order valence-corrected chi connectivity index (χ4v) is 5.08. The van der Waals surface area contributed by atoms with Crippen LogP contribution in [-0.4, -0.2) is 64.4 Å². The van der Waals surface area contributed by atoms with Crippen LogP contribution in [0.5, 0.6) is 0 Å². The van der Waals surface area contributed by atoms with E-state index < -0.39 is 0 Å². The van der Waals surface area contributed by atoms with Gasteiger partial charge in [-0.3, -0.25) is 4.98 Å². The number of fused-ring (bicyclic) bond motifs is 1. The first-order chi connectivity index (χ1) is 18.1. The molecule has 6 rings (SSSR count). The molecular weight excluding hydrogens is 468 g/mol. The molecule has 10 nitrogen and oxygen atoms in total. The zero-order chi connectivity index (χ0) is 25.2. The lowest BCUT2D eigenvalue weighted by atomic mass is 9.93. The first-order valence-electron chi connectivity index (χ1n) is 13.1. The minimum atomic E-state index is -0.157. The number of hydrogen-bond donors (Lipinski definition) is 2. The number of nitrogens with zero attached hydrogens (tertiary/aromatic N) is 6. The van der Waals surface area contributed by atoms with Crippen molar-refractivity contribution in [1.82, 2.24) is 25.3 Å². The molecule has 37 heavy (non-hydrogen) atoms. The second-order valence-corrected chi connectivity index (χ2v) is 9.95. The molecule has 2 aromatic heterocycles. The molecule has 192 valence electrons. The maximum atomic E-state index is 12.3. The second-order valence-electron chi connectivity index (χ2n) is 9.95. The van der Waals surface area contributed by atoms with Gasteiger partial charge in [0, 0.05) is 48.3 Å². The second kappa shape index (κ2) is 10.3. The molecule has 1 saturated carbocycles. The lowest BCUT2D eigenvalue weighted by Crippen LogP contribution is -2.45. The maximum absolute atomic E-state index is 12.3. The van der Waals surface area contributed by atoms with Crippen LogP contribution < -0.4 is 20.4 Å². The Morgan fingerprint density at radius 3 is 2.70 bits per heavy atom. The van der Waals surface area contributed by atoms with Gasteiger partial charge in [-0.25, -0.2) is 19.7 Å². The fraction of sp³-hybridized carbons (Fsp3) is 0.444. The molecule has 1 aliphatic carbocycles. The van der Waals surface area contributed by atoms with Gasteiger partial charge in [-0.2, -0.15) is 0 Å². The molecule has 2 N–H and O–H groups in total. The molecule has 1 aromatic carbocycles. The highest BCUT2D eigenvalue weighted by atomic mass is 16.5. The highest BCUT2D eigenvalue weighted by molar-refractivity contribution is 5.89. The van der Waals surface area contributed by atoms with Crippen LogP contribution in [-0.2, 0) is 17.7 Å². The summed E-state index contributed by atoms with van der Waals surface area (Å²) in [6.45, 7) is 5.84. The number of morpholine rings is 1. The number of benzene rings is 1. The number of ether oxygens (including phenoxy) is 1. The van der Waals surface area contributed by atoms with E-state index in [0.717, 1.165) is 60.9 Å². The van der Waals surface area contributed by atoms with Crippen LogP contribution >= 0.6 is 0 Å². The Labute approximate surface area is 216 Å². The number of aromatic nitrogens is 4. The van der Waals surface area contributed by atoms with E-state index >= 15 is 0 Å². The van der Waals surface area contributed by atoms with Gasteiger partial charge in [-0.1, -0.05) is 0 Å². The Kier molecular flexibility index (Phi) is 6.57. The first-order valence-corrected chi connectivity index (χ1v) is 13.1. The zero-order valence-electron chi connectivity index (χ0n) is 21.1. The highest BCUT2D eigenvalue weighted by Gasteiger charge is 2.29. The number of hydrogen-bond acceptors (Lipinski definition) is 8. The van der Waals surface area contributed by atoms with E-state index in [0.29, 0.717) is 31.6 Å². The number of amides is 2. The third kappa shape index (κ3) is 5.06. The molecule has 10 heteroatoms. The zero-order valence-corrected chi connectivity index (χ0v) is 21.1. The van der Waals surface area contributed by atoms with Crippen molar-refractivity contribution >= 4 is 23.4 Å². The van der Waals surface area contributed by atoms with E-state index in [1.54, 1.807) is 18.6 Å². The minimum Gasteiger partial charge on any atom is -0.377 e. The van der Waals surface area contributed by atoms with E-state index in [1.165, 1.54) is 12.0 Å². The van der Waals surface area contributed by atoms with Gasteiger partial charge >= 0.3 is 6.03 Å². The van der Waals surface area contributed by atoms with Crippen LogP contribution in [0, 0.1) is 0 Å². The monoisotopic (exact) mass is 500 g/mol. The molecule has 2 fully saturated rings. The van der Waals surface area contributed by atoms with Crippen molar-refractivity contribution in [2.24, 2.45) is 0 Å². The van der Waals surface area contributed by atoms with Gasteiger partial charge in [0.2, 0.25) is 0 Å². The van der Waals surface area contributed by atoms with Gasteiger partial charge in [0.15, 0.2) is 5.82 Å². The molecule has 2 aliphatic heterocycles. The molecule has 3 aliphatic rings. The first kappa shape index (κ1) is 23.6. The summed E-state index contributed by atoms with van der Waals surface area (Å²) in [7, 11) is 0. The quantitative estimate of drug-likeness (QED) is 0.549. The number of nitrogens with one attached hydrogen (secondary N) is 2. The van der Waals surface area contributed by atoms with Gasteiger partial charge < -0.3 is 25.2 Å². The van der Waals surface area contributed by atoms with Crippen molar-refractivity contribution in [3.8, 4) is 11.4 Å². The predicted octanol–water partition coefficient (Wildman–Crippen LogP) is 3.40. The van der Waals surface area contributed by atoms with E-state index in [-0.39, 0.29) is 12.1 Å². The SMILES string of the molecule is C[C@H]1COCCN1c1nc(-c2ccc(NC(=O)NC3CCC3)cc2)nc2c1CCN(c1cnccn1)C2. The molecule has 0 unspecified atom stereocenters. The van der Waals surface area contributed by atoms with Crippen molar-refractivity contribution in [3.63, 3.8) is 0 Å². The van der Waals surface area contributed by atoms with Gasteiger partial charge in [0.25, 0.3) is 0 Å². The number of carbonyl (C=O) groups excluding carboxylic acids is 1. The van der Waals surface area contributed by atoms with Gasteiger partial charge in [-0.05, 0) is 56.9 Å². The molecule has 0 radical (unpaired) electrons. The molecule has 0 spiro atoms. The van der Waals surface area contributed by atoms with Crippen molar-refractivity contribution in [2.45, 2.75) is 51.2 Å². The minimum absolute atomic E-state index is 0.157. The summed E-state index contributed by atoms with van der Waals surface area (Å²) in [5, 5.41) is 5.94. The summed E-state index contributed by atoms with van der Waals surface area (Å²) in [4.78, 5) is 35.7. The third-order valence-electron chi connectivity index (χ3n) is 7.40. The van der Waals surface area contributed by atoms with Crippen LogP contribution in [0.2, 0.25) is 0 Å². The number of anilines is 3. The third-order valence-corrected chi connectivity index (χ3v) is 7.40. The van der Waals surface area contributed by atoms with E-state index in [9.17, 15) is 4.79 Å². The number of rotatable bonds is 5. The summed E-state index contributed by atoms with van der Waals surface area (Å²) in [6.07, 6.45) is 9.34. The summed E-state index contributed by atoms with van der Waals surface area (Å²) >= 11 is 0. The Morgan fingerprint density at radius 1 is 1.11 bits per heavy atom. The van der Waals surface area contributed by atoms with Gasteiger partial charge in [0.05, 0.1) is 37.7 Å². The average Bonchev–Trinajstić information content (AvgIpc) is 2.91. The van der Waals surface area contributed by atoms with E-state index in [1.807, 2.05) is 24.3 Å². The largest absolute Gasteiger partial charge is 0.377 e. The number of urea groups is 1. The van der Waals surface area contributed by atoms with E-state index in [4.69, 9.17) is 14.7 Å². The normalized spacial score (nSPS) is 19.6. The summed E-state index contributed by atoms with van der Waals surface area (Å²) in [5.41, 5.74) is 3.86. The lowest BCUT2D eigenvalue weighted by molar-refractivity contribution is 0.0984. The summed E-state index contributed by atoms with van der Waals surface area (Å²) in [5.74, 6) is 2.53. The average molecular weight is 501 g/mol. The molecule has 0 bridgehead atoms. The van der Waals surface area contributed by atoms with Crippen LogP contribution in [0.15, 0.2) is 42.9 Å². The van der Waals surface area contributed by atoms with Crippen molar-refractivity contribution in [2.75, 3.05) is 41.4 Å². The molecule has 2 amide bonds. The molecule has 3 aromatic rings. The Balaban J connectivity index is 1.29. The Morgan fingerprint density at radius 2 is 1.97 bits per heavy atom. The fourth-order valence-electron chi connectivity index (χ4n) is 5.08. The highest BCUT2D eigenvalue weighted by Crippen LogP contribution is 2.32. The van der Waals surface area contributed by atoms with Crippen LogP contribution in [0.1, 0.15) is 37.4 Å². The van der Waals surface area contributed by atoms with Crippen LogP contribution in [0.4, 0.5) is 22.1 Å². The van der Waals surface area contributed by atoms with Crippen molar-refractivity contribution < 1.29 is 9.53 Å².